The van der Waals surface area contributed by atoms with Crippen molar-refractivity contribution in [2.75, 3.05) is 0 Å². The van der Waals surface area contributed by atoms with Crippen LogP contribution in [0.4, 0.5) is 0 Å². The Morgan fingerprint density at radius 3 is 2.25 bits per heavy atom. The van der Waals surface area contributed by atoms with E-state index < -0.39 is 30.7 Å². The van der Waals surface area contributed by atoms with Crippen LogP contribution in [0.2, 0.25) is 0 Å². The number of aliphatic hydroxyl groups is 3. The maximum Gasteiger partial charge on any atom is 0.183 e. The summed E-state index contributed by atoms with van der Waals surface area (Å²) in [6, 6.07) is 0. The molecular formula is C6H12O6. The number of ether oxygens (including phenoxy) is 1. The molecule has 0 aromatic heterocycles. The topological polar surface area (TPSA) is 99.4 Å². The Morgan fingerprint density at radius 1 is 1.17 bits per heavy atom. The third kappa shape index (κ3) is 1.58. The van der Waals surface area contributed by atoms with Crippen LogP contribution >= 0.6 is 0 Å². The lowest BCUT2D eigenvalue weighted by Crippen LogP contribution is -2.57. The van der Waals surface area contributed by atoms with Gasteiger partial charge < -0.3 is 20.1 Å². The van der Waals surface area contributed by atoms with Gasteiger partial charge in [0, 0.05) is 0 Å². The second-order valence-electron chi connectivity index (χ2n) is 2.78. The van der Waals surface area contributed by atoms with Gasteiger partial charge >= 0.3 is 0 Å². The molecular weight excluding hydrogens is 168 g/mol. The van der Waals surface area contributed by atoms with Crippen molar-refractivity contribution in [3.05, 3.63) is 0 Å². The van der Waals surface area contributed by atoms with Gasteiger partial charge in [-0.2, -0.15) is 0 Å². The lowest BCUT2D eigenvalue weighted by Gasteiger charge is -2.37. The molecule has 0 aromatic rings. The zero-order valence-corrected chi connectivity index (χ0v) is 6.49. The Labute approximate surface area is 68.9 Å². The van der Waals surface area contributed by atoms with Gasteiger partial charge in [-0.05, 0) is 6.92 Å². The normalized spacial score (nSPS) is 49.2. The first-order chi connectivity index (χ1) is 5.57. The van der Waals surface area contributed by atoms with Crippen molar-refractivity contribution >= 4 is 0 Å². The first-order valence-electron chi connectivity index (χ1n) is 3.57. The highest BCUT2D eigenvalue weighted by atomic mass is 17.1. The van der Waals surface area contributed by atoms with Crippen LogP contribution in [0.15, 0.2) is 0 Å². The number of rotatable bonds is 1. The molecule has 1 fully saturated rings. The summed E-state index contributed by atoms with van der Waals surface area (Å²) < 4.78 is 4.73. The fraction of sp³-hybridized carbons (Fsp3) is 1.00. The van der Waals surface area contributed by atoms with E-state index in [0.717, 1.165) is 0 Å². The minimum atomic E-state index is -1.46. The third-order valence-electron chi connectivity index (χ3n) is 1.92. The Hall–Kier alpha value is -0.240. The highest BCUT2D eigenvalue weighted by Crippen LogP contribution is 2.21. The van der Waals surface area contributed by atoms with Crippen LogP contribution in [-0.2, 0) is 9.62 Å². The van der Waals surface area contributed by atoms with Gasteiger partial charge in [-0.25, -0.2) is 4.89 Å². The molecule has 4 N–H and O–H groups in total. The van der Waals surface area contributed by atoms with Crippen LogP contribution in [0, 0.1) is 0 Å². The van der Waals surface area contributed by atoms with Gasteiger partial charge in [0.15, 0.2) is 6.29 Å². The molecule has 0 radical (unpaired) electrons. The van der Waals surface area contributed by atoms with Gasteiger partial charge in [0.25, 0.3) is 0 Å². The highest BCUT2D eigenvalue weighted by Gasteiger charge is 2.42. The maximum atomic E-state index is 9.20. The molecule has 1 heterocycles. The average molecular weight is 180 g/mol. The zero-order valence-electron chi connectivity index (χ0n) is 6.49. The van der Waals surface area contributed by atoms with Crippen molar-refractivity contribution in [2.45, 2.75) is 37.6 Å². The molecule has 1 aliphatic rings. The minimum Gasteiger partial charge on any atom is -0.387 e. The quantitative estimate of drug-likeness (QED) is 0.283. The van der Waals surface area contributed by atoms with Gasteiger partial charge in [0.1, 0.15) is 18.3 Å². The second-order valence-corrected chi connectivity index (χ2v) is 2.78. The molecule has 12 heavy (non-hydrogen) atoms. The molecule has 6 heteroatoms. The van der Waals surface area contributed by atoms with E-state index in [-0.39, 0.29) is 0 Å². The molecule has 0 spiro atoms. The van der Waals surface area contributed by atoms with Gasteiger partial charge in [-0.15, -0.1) is 0 Å². The molecule has 0 aliphatic carbocycles. The molecule has 0 unspecified atom stereocenters. The lowest BCUT2D eigenvalue weighted by molar-refractivity contribution is -0.365. The summed E-state index contributed by atoms with van der Waals surface area (Å²) in [5.41, 5.74) is 0. The van der Waals surface area contributed by atoms with Crippen molar-refractivity contribution in [1.29, 1.82) is 0 Å². The maximum absolute atomic E-state index is 9.20. The Bertz CT molecular complexity index is 151. The summed E-state index contributed by atoms with van der Waals surface area (Å²) >= 11 is 0. The van der Waals surface area contributed by atoms with E-state index in [9.17, 15) is 5.11 Å². The summed E-state index contributed by atoms with van der Waals surface area (Å²) in [5.74, 6) is 0. The molecule has 72 valence electrons. The number of aliphatic hydroxyl groups excluding tert-OH is 3. The molecule has 5 atom stereocenters. The van der Waals surface area contributed by atoms with Gasteiger partial charge in [0.05, 0.1) is 6.10 Å². The predicted molar refractivity (Wildman–Crippen MR) is 36.1 cm³/mol. The van der Waals surface area contributed by atoms with E-state index in [4.69, 9.17) is 20.2 Å². The molecule has 1 rings (SSSR count). The smallest absolute Gasteiger partial charge is 0.183 e. The van der Waals surface area contributed by atoms with Crippen LogP contribution in [-0.4, -0.2) is 51.3 Å². The SMILES string of the molecule is C[C@@H]1O[C@@H](O)[C@@H](O)[C@H](O)[C@@H]1OO. The molecule has 0 bridgehead atoms. The van der Waals surface area contributed by atoms with E-state index in [1.165, 1.54) is 6.92 Å². The average Bonchev–Trinajstić information content (AvgIpc) is 2.01. The summed E-state index contributed by atoms with van der Waals surface area (Å²) in [6.45, 7) is 1.50. The highest BCUT2D eigenvalue weighted by molar-refractivity contribution is 4.86. The molecule has 0 aromatic carbocycles. The fourth-order valence-electron chi connectivity index (χ4n) is 1.17. The summed E-state index contributed by atoms with van der Waals surface area (Å²) in [5, 5.41) is 35.5. The van der Waals surface area contributed by atoms with Crippen molar-refractivity contribution < 1.29 is 30.2 Å². The van der Waals surface area contributed by atoms with Crippen LogP contribution in [0.25, 0.3) is 0 Å². The van der Waals surface area contributed by atoms with Crippen molar-refractivity contribution in [3.8, 4) is 0 Å². The first-order valence-corrected chi connectivity index (χ1v) is 3.57. The Kier molecular flexibility index (Phi) is 2.99. The van der Waals surface area contributed by atoms with Crippen LogP contribution < -0.4 is 0 Å². The predicted octanol–water partition coefficient (Wildman–Crippen LogP) is -1.70. The molecule has 1 aliphatic heterocycles. The largest absolute Gasteiger partial charge is 0.387 e. The zero-order chi connectivity index (χ0) is 9.30. The summed E-state index contributed by atoms with van der Waals surface area (Å²) in [7, 11) is 0. The minimum absolute atomic E-state index is 0.677. The van der Waals surface area contributed by atoms with Crippen molar-refractivity contribution in [1.82, 2.24) is 0 Å². The number of hydrogen-bond acceptors (Lipinski definition) is 6. The van der Waals surface area contributed by atoms with Crippen LogP contribution in [0.1, 0.15) is 6.92 Å². The molecule has 1 saturated heterocycles. The van der Waals surface area contributed by atoms with Gasteiger partial charge in [0.2, 0.25) is 0 Å². The lowest BCUT2D eigenvalue weighted by atomic mass is 10.0. The summed E-state index contributed by atoms with van der Waals surface area (Å²) in [6.07, 6.45) is -5.97. The van der Waals surface area contributed by atoms with Crippen molar-refractivity contribution in [3.63, 3.8) is 0 Å². The first kappa shape index (κ1) is 9.85. The van der Waals surface area contributed by atoms with E-state index >= 15 is 0 Å². The van der Waals surface area contributed by atoms with E-state index in [0.29, 0.717) is 0 Å². The van der Waals surface area contributed by atoms with Crippen molar-refractivity contribution in [2.24, 2.45) is 0 Å². The Balaban J connectivity index is 2.65. The molecule has 0 amide bonds. The van der Waals surface area contributed by atoms with Crippen LogP contribution in [0.3, 0.4) is 0 Å². The fourth-order valence-corrected chi connectivity index (χ4v) is 1.17. The van der Waals surface area contributed by atoms with E-state index in [1.54, 1.807) is 0 Å². The summed E-state index contributed by atoms with van der Waals surface area (Å²) in [4.78, 5) is 3.89. The molecule has 6 nitrogen and oxygen atoms in total. The standard InChI is InChI=1S/C6H12O6/c1-2-5(12-10)3(7)4(8)6(9)11-2/h2-10H,1H3/t2-,3-,4-,5+,6+/m0/s1. The Morgan fingerprint density at radius 2 is 1.75 bits per heavy atom. The number of hydrogen-bond donors (Lipinski definition) is 4. The van der Waals surface area contributed by atoms with Gasteiger partial charge in [-0.1, -0.05) is 0 Å². The third-order valence-corrected chi connectivity index (χ3v) is 1.92. The van der Waals surface area contributed by atoms with Gasteiger partial charge in [-0.3, -0.25) is 5.26 Å². The van der Waals surface area contributed by atoms with E-state index in [1.807, 2.05) is 0 Å². The second kappa shape index (κ2) is 3.65. The molecule has 0 saturated carbocycles. The van der Waals surface area contributed by atoms with Crippen LogP contribution in [0.5, 0.6) is 0 Å². The monoisotopic (exact) mass is 180 g/mol. The van der Waals surface area contributed by atoms with E-state index in [2.05, 4.69) is 4.89 Å².